The van der Waals surface area contributed by atoms with Crippen molar-refractivity contribution >= 4 is 43.7 Å². The van der Waals surface area contributed by atoms with Crippen molar-refractivity contribution in [3.05, 3.63) is 176 Å². The fourth-order valence-corrected chi connectivity index (χ4v) is 7.33. The average molecular weight is 640 g/mol. The third-order valence-corrected chi connectivity index (χ3v) is 9.56. The summed E-state index contributed by atoms with van der Waals surface area (Å²) in [4.78, 5) is 15.3. The Morgan fingerprint density at radius 2 is 0.840 bits per heavy atom. The minimum Gasteiger partial charge on any atom is -0.309 e. The lowest BCUT2D eigenvalue weighted by atomic mass is 10.0. The second kappa shape index (κ2) is 11.4. The second-order valence-electron chi connectivity index (χ2n) is 12.5. The molecular formula is C45H29N5. The maximum absolute atomic E-state index is 5.25. The summed E-state index contributed by atoms with van der Waals surface area (Å²) >= 11 is 0. The Bertz CT molecular complexity index is 2570. The summed E-state index contributed by atoms with van der Waals surface area (Å²) in [5, 5.41) is 4.72. The number of hydrogen-bond acceptors (Lipinski definition) is 3. The van der Waals surface area contributed by atoms with Crippen molar-refractivity contribution in [2.45, 2.75) is 0 Å². The van der Waals surface area contributed by atoms with Crippen LogP contribution in [-0.2, 0) is 0 Å². The first-order chi connectivity index (χ1) is 24.8. The van der Waals surface area contributed by atoms with E-state index in [9.17, 15) is 0 Å². The maximum atomic E-state index is 5.25. The van der Waals surface area contributed by atoms with Crippen molar-refractivity contribution in [3.63, 3.8) is 0 Å². The first-order valence-electron chi connectivity index (χ1n) is 16.8. The quantitative estimate of drug-likeness (QED) is 0.188. The minimum atomic E-state index is 0.685. The van der Waals surface area contributed by atoms with Crippen LogP contribution < -0.4 is 0 Å². The zero-order valence-corrected chi connectivity index (χ0v) is 27.0. The monoisotopic (exact) mass is 639 g/mol. The highest BCUT2D eigenvalue weighted by Crippen LogP contribution is 2.38. The van der Waals surface area contributed by atoms with E-state index in [1.54, 1.807) is 0 Å². The summed E-state index contributed by atoms with van der Waals surface area (Å²) in [5.74, 6) is 0.685. The van der Waals surface area contributed by atoms with Crippen molar-refractivity contribution in [2.75, 3.05) is 0 Å². The van der Waals surface area contributed by atoms with E-state index in [0.717, 1.165) is 67.0 Å². The highest BCUT2D eigenvalue weighted by Gasteiger charge is 2.19. The fraction of sp³-hybridized carbons (Fsp3) is 0. The molecule has 0 N–H and O–H groups in total. The normalized spacial score (nSPS) is 11.6. The first kappa shape index (κ1) is 28.2. The van der Waals surface area contributed by atoms with Crippen LogP contribution in [0, 0.1) is 0 Å². The lowest BCUT2D eigenvalue weighted by Gasteiger charge is -2.16. The lowest BCUT2D eigenvalue weighted by molar-refractivity contribution is 1.11. The largest absolute Gasteiger partial charge is 0.309 e. The standard InChI is InChI=1S/C45H29N5/c1-3-14-30(15-4-1)39-29-40(48-44(47-39)31-16-5-2-6-17-31)32-26-33(49-41-22-10-7-18-35(41)36-19-8-11-23-42(36)49)28-34(27-32)50-43-24-12-9-20-37(43)38-21-13-25-46-45(38)50/h1-29H. The van der Waals surface area contributed by atoms with Gasteiger partial charge < -0.3 is 4.57 Å². The summed E-state index contributed by atoms with van der Waals surface area (Å²) in [6, 6.07) is 59.4. The van der Waals surface area contributed by atoms with Gasteiger partial charge in [-0.05, 0) is 54.6 Å². The molecule has 10 aromatic rings. The van der Waals surface area contributed by atoms with E-state index in [1.807, 2.05) is 36.5 Å². The molecule has 4 heterocycles. The number of pyridine rings is 1. The maximum Gasteiger partial charge on any atom is 0.160 e. The molecule has 5 heteroatoms. The molecule has 4 aromatic heterocycles. The van der Waals surface area contributed by atoms with Crippen molar-refractivity contribution in [2.24, 2.45) is 0 Å². The number of nitrogens with zero attached hydrogens (tertiary/aromatic N) is 5. The van der Waals surface area contributed by atoms with Crippen LogP contribution in [0.25, 0.3) is 89.0 Å². The Morgan fingerprint density at radius 3 is 1.48 bits per heavy atom. The Morgan fingerprint density at radius 1 is 0.360 bits per heavy atom. The molecule has 0 aliphatic heterocycles. The number of fused-ring (bicyclic) bond motifs is 6. The molecule has 0 fully saturated rings. The van der Waals surface area contributed by atoms with Gasteiger partial charge in [0, 0.05) is 50.1 Å². The van der Waals surface area contributed by atoms with E-state index in [-0.39, 0.29) is 0 Å². The summed E-state index contributed by atoms with van der Waals surface area (Å²) in [6.07, 6.45) is 1.87. The SMILES string of the molecule is c1ccc(-c2cc(-c3cc(-n4c5ccccc5c5ccccc54)cc(-n4c5ccccc5c5cccnc54)c3)nc(-c3ccccc3)n2)cc1. The Labute approximate surface area is 288 Å². The highest BCUT2D eigenvalue weighted by molar-refractivity contribution is 6.10. The van der Waals surface area contributed by atoms with Crippen LogP contribution in [0.3, 0.4) is 0 Å². The number of para-hydroxylation sites is 3. The van der Waals surface area contributed by atoms with Crippen molar-refractivity contribution in [1.29, 1.82) is 0 Å². The van der Waals surface area contributed by atoms with Gasteiger partial charge in [-0.1, -0.05) is 115 Å². The molecule has 0 spiro atoms. The molecule has 0 amide bonds. The van der Waals surface area contributed by atoms with Crippen LogP contribution in [0.1, 0.15) is 0 Å². The van der Waals surface area contributed by atoms with E-state index in [4.69, 9.17) is 15.0 Å². The van der Waals surface area contributed by atoms with Crippen LogP contribution in [0.2, 0.25) is 0 Å². The van der Waals surface area contributed by atoms with Gasteiger partial charge in [-0.25, -0.2) is 15.0 Å². The molecule has 10 rings (SSSR count). The van der Waals surface area contributed by atoms with E-state index >= 15 is 0 Å². The summed E-state index contributed by atoms with van der Waals surface area (Å²) < 4.78 is 4.65. The molecule has 234 valence electrons. The van der Waals surface area contributed by atoms with Crippen molar-refractivity contribution < 1.29 is 0 Å². The van der Waals surface area contributed by atoms with Gasteiger partial charge in [0.05, 0.1) is 33.6 Å². The molecule has 0 saturated heterocycles. The van der Waals surface area contributed by atoms with Crippen LogP contribution >= 0.6 is 0 Å². The van der Waals surface area contributed by atoms with Gasteiger partial charge in [0.25, 0.3) is 0 Å². The molecule has 0 aliphatic carbocycles. The highest BCUT2D eigenvalue weighted by atomic mass is 15.1. The molecule has 0 aliphatic rings. The van der Waals surface area contributed by atoms with Crippen LogP contribution in [-0.4, -0.2) is 24.1 Å². The zero-order valence-electron chi connectivity index (χ0n) is 27.0. The average Bonchev–Trinajstić information content (AvgIpc) is 3.71. The molecule has 0 unspecified atom stereocenters. The second-order valence-corrected chi connectivity index (χ2v) is 12.5. The van der Waals surface area contributed by atoms with Crippen molar-refractivity contribution in [1.82, 2.24) is 24.1 Å². The van der Waals surface area contributed by atoms with Gasteiger partial charge >= 0.3 is 0 Å². The number of benzene rings is 6. The van der Waals surface area contributed by atoms with E-state index in [1.165, 1.54) is 16.2 Å². The van der Waals surface area contributed by atoms with Gasteiger partial charge in [0.1, 0.15) is 5.65 Å². The Hall–Kier alpha value is -6.85. The van der Waals surface area contributed by atoms with Gasteiger partial charge in [-0.2, -0.15) is 0 Å². The van der Waals surface area contributed by atoms with Gasteiger partial charge in [-0.15, -0.1) is 0 Å². The Balaban J connectivity index is 1.31. The lowest BCUT2D eigenvalue weighted by Crippen LogP contribution is -2.02. The topological polar surface area (TPSA) is 48.5 Å². The predicted molar refractivity (Wildman–Crippen MR) is 205 cm³/mol. The smallest absolute Gasteiger partial charge is 0.160 e. The Kier molecular flexibility index (Phi) is 6.42. The third kappa shape index (κ3) is 4.52. The predicted octanol–water partition coefficient (Wildman–Crippen LogP) is 11.1. The van der Waals surface area contributed by atoms with Crippen LogP contribution in [0.4, 0.5) is 0 Å². The molecule has 0 saturated carbocycles. The van der Waals surface area contributed by atoms with Crippen molar-refractivity contribution in [3.8, 4) is 45.3 Å². The summed E-state index contributed by atoms with van der Waals surface area (Å²) in [6.45, 7) is 0. The molecule has 0 bridgehead atoms. The third-order valence-electron chi connectivity index (χ3n) is 9.56. The molecular weight excluding hydrogens is 611 g/mol. The number of rotatable bonds is 5. The zero-order chi connectivity index (χ0) is 33.0. The summed E-state index contributed by atoms with van der Waals surface area (Å²) in [7, 11) is 0. The summed E-state index contributed by atoms with van der Waals surface area (Å²) in [5.41, 5.74) is 11.1. The number of aromatic nitrogens is 5. The van der Waals surface area contributed by atoms with E-state index < -0.39 is 0 Å². The van der Waals surface area contributed by atoms with Crippen LogP contribution in [0.15, 0.2) is 176 Å². The molecule has 5 nitrogen and oxygen atoms in total. The van der Waals surface area contributed by atoms with E-state index in [2.05, 4.69) is 149 Å². The van der Waals surface area contributed by atoms with E-state index in [0.29, 0.717) is 5.82 Å². The molecule has 6 aromatic carbocycles. The fourth-order valence-electron chi connectivity index (χ4n) is 7.33. The van der Waals surface area contributed by atoms with Gasteiger partial charge in [0.15, 0.2) is 5.82 Å². The minimum absolute atomic E-state index is 0.685. The first-order valence-corrected chi connectivity index (χ1v) is 16.8. The molecule has 0 radical (unpaired) electrons. The molecule has 0 atom stereocenters. The van der Waals surface area contributed by atoms with Gasteiger partial charge in [-0.3, -0.25) is 4.57 Å². The number of hydrogen-bond donors (Lipinski definition) is 0. The van der Waals surface area contributed by atoms with Crippen LogP contribution in [0.5, 0.6) is 0 Å². The van der Waals surface area contributed by atoms with Gasteiger partial charge in [0.2, 0.25) is 0 Å². The molecule has 50 heavy (non-hydrogen) atoms.